The minimum absolute atomic E-state index is 0.224. The van der Waals surface area contributed by atoms with Crippen LogP contribution in [0.1, 0.15) is 11.1 Å². The van der Waals surface area contributed by atoms with Crippen molar-refractivity contribution >= 4 is 45.2 Å². The molecule has 9 heteroatoms. The van der Waals surface area contributed by atoms with Crippen molar-refractivity contribution < 1.29 is 14.4 Å². The van der Waals surface area contributed by atoms with E-state index in [1.165, 1.54) is 16.0 Å². The maximum atomic E-state index is 12.9. The number of rotatable bonds is 4. The van der Waals surface area contributed by atoms with Gasteiger partial charge in [0.1, 0.15) is 6.54 Å². The van der Waals surface area contributed by atoms with Crippen LogP contribution < -0.4 is 15.6 Å². The lowest BCUT2D eigenvalue weighted by Gasteiger charge is -2.29. The van der Waals surface area contributed by atoms with Gasteiger partial charge in [-0.2, -0.15) is 5.43 Å². The van der Waals surface area contributed by atoms with E-state index in [2.05, 4.69) is 26.7 Å². The van der Waals surface area contributed by atoms with E-state index in [-0.39, 0.29) is 18.4 Å². The average molecular weight is 470 g/mol. The van der Waals surface area contributed by atoms with Crippen LogP contribution in [0.4, 0.5) is 16.2 Å². The molecule has 1 unspecified atom stereocenters. The highest BCUT2D eigenvalue weighted by molar-refractivity contribution is 9.10. The van der Waals surface area contributed by atoms with E-state index in [0.717, 1.165) is 20.6 Å². The smallest absolute Gasteiger partial charge is 0.324 e. The molecule has 0 aliphatic carbocycles. The quantitative estimate of drug-likeness (QED) is 0.720. The number of carbonyl (C=O) groups excluding carboxylic acids is 3. The fraction of sp³-hybridized carbons (Fsp3) is 0.190. The summed E-state index contributed by atoms with van der Waals surface area (Å²) in [6.45, 7) is 3.73. The van der Waals surface area contributed by atoms with Gasteiger partial charge in [0.15, 0.2) is 6.17 Å². The molecule has 1 saturated heterocycles. The summed E-state index contributed by atoms with van der Waals surface area (Å²) >= 11 is 3.37. The largest absolute Gasteiger partial charge is 0.340 e. The van der Waals surface area contributed by atoms with Gasteiger partial charge in [0.25, 0.3) is 5.91 Å². The van der Waals surface area contributed by atoms with Gasteiger partial charge in [-0.25, -0.2) is 9.80 Å². The first kappa shape index (κ1) is 20.1. The molecule has 2 heterocycles. The summed E-state index contributed by atoms with van der Waals surface area (Å²) < 4.78 is 0.899. The Hall–Kier alpha value is -3.17. The van der Waals surface area contributed by atoms with Gasteiger partial charge >= 0.3 is 6.03 Å². The molecular formula is C21H20BrN5O3. The van der Waals surface area contributed by atoms with E-state index >= 15 is 0 Å². The second-order valence-electron chi connectivity index (χ2n) is 7.14. The molecule has 0 aromatic heterocycles. The monoisotopic (exact) mass is 469 g/mol. The van der Waals surface area contributed by atoms with E-state index in [1.807, 2.05) is 44.2 Å². The highest BCUT2D eigenvalue weighted by Gasteiger charge is 2.44. The van der Waals surface area contributed by atoms with Gasteiger partial charge in [0.05, 0.1) is 0 Å². The number of nitrogens with one attached hydrogen (secondary N) is 2. The van der Waals surface area contributed by atoms with Crippen LogP contribution in [-0.2, 0) is 9.59 Å². The van der Waals surface area contributed by atoms with Gasteiger partial charge < -0.3 is 5.32 Å². The lowest BCUT2D eigenvalue weighted by molar-refractivity contribution is -0.123. The van der Waals surface area contributed by atoms with E-state index in [4.69, 9.17) is 0 Å². The highest BCUT2D eigenvalue weighted by atomic mass is 79.9. The van der Waals surface area contributed by atoms with Gasteiger partial charge in [0.2, 0.25) is 5.91 Å². The number of nitrogens with zero attached hydrogens (tertiary/aromatic N) is 3. The molecule has 154 valence electrons. The molecule has 4 rings (SSSR count). The molecule has 2 aromatic carbocycles. The van der Waals surface area contributed by atoms with Gasteiger partial charge in [0, 0.05) is 28.2 Å². The van der Waals surface area contributed by atoms with E-state index < -0.39 is 12.2 Å². The Morgan fingerprint density at radius 3 is 2.50 bits per heavy atom. The van der Waals surface area contributed by atoms with E-state index in [1.54, 1.807) is 18.3 Å². The summed E-state index contributed by atoms with van der Waals surface area (Å²) in [7, 11) is 0. The Bertz CT molecular complexity index is 1050. The summed E-state index contributed by atoms with van der Waals surface area (Å²) in [6.07, 6.45) is 2.17. The lowest BCUT2D eigenvalue weighted by atomic mass is 10.1. The summed E-state index contributed by atoms with van der Waals surface area (Å²) in [5.74, 6) is -0.676. The van der Waals surface area contributed by atoms with Crippen molar-refractivity contribution in [2.24, 2.45) is 0 Å². The topological polar surface area (TPSA) is 85.0 Å². The second-order valence-corrected chi connectivity index (χ2v) is 8.05. The van der Waals surface area contributed by atoms with Crippen LogP contribution in [0.2, 0.25) is 0 Å². The SMILES string of the molecule is Cc1ccc(NC(=O)CN2NC3C(=O)N(c4ccc(Br)cc4)C=CN3C2=O)cc1C. The number of hydrogen-bond donors (Lipinski definition) is 2. The molecule has 2 aromatic rings. The van der Waals surface area contributed by atoms with Crippen LogP contribution in [0.3, 0.4) is 0 Å². The minimum atomic E-state index is -0.902. The zero-order valence-electron chi connectivity index (χ0n) is 16.4. The number of urea groups is 1. The maximum Gasteiger partial charge on any atom is 0.340 e. The molecule has 2 N–H and O–H groups in total. The fourth-order valence-corrected chi connectivity index (χ4v) is 3.54. The standard InChI is InChI=1S/C21H20BrN5O3/c1-13-3-6-16(11-14(13)2)23-18(28)12-27-21(30)26-10-9-25(20(29)19(26)24-27)17-7-4-15(22)5-8-17/h3-11,19,24H,12H2,1-2H3,(H,23,28). The molecule has 1 fully saturated rings. The Balaban J connectivity index is 1.43. The molecule has 1 atom stereocenters. The van der Waals surface area contributed by atoms with Crippen LogP contribution in [-0.4, -0.2) is 40.5 Å². The van der Waals surface area contributed by atoms with Crippen LogP contribution in [0.5, 0.6) is 0 Å². The summed E-state index contributed by atoms with van der Waals surface area (Å²) in [5.41, 5.74) is 6.36. The highest BCUT2D eigenvalue weighted by Crippen LogP contribution is 2.25. The molecule has 30 heavy (non-hydrogen) atoms. The third kappa shape index (κ3) is 3.81. The second kappa shape index (κ2) is 7.92. The number of benzene rings is 2. The van der Waals surface area contributed by atoms with Crippen LogP contribution >= 0.6 is 15.9 Å². The van der Waals surface area contributed by atoms with Crippen molar-refractivity contribution in [1.82, 2.24) is 15.3 Å². The number of fused-ring (bicyclic) bond motifs is 1. The predicted octanol–water partition coefficient (Wildman–Crippen LogP) is 3.09. The van der Waals surface area contributed by atoms with E-state index in [9.17, 15) is 14.4 Å². The summed E-state index contributed by atoms with van der Waals surface area (Å²) in [5, 5.41) is 3.93. The Morgan fingerprint density at radius 2 is 1.80 bits per heavy atom. The molecule has 2 aliphatic heterocycles. The Morgan fingerprint density at radius 1 is 1.07 bits per heavy atom. The maximum absolute atomic E-state index is 12.9. The van der Waals surface area contributed by atoms with Gasteiger partial charge in [-0.3, -0.25) is 19.4 Å². The third-order valence-electron chi connectivity index (χ3n) is 5.05. The normalized spacial score (nSPS) is 18.1. The average Bonchev–Trinajstić information content (AvgIpc) is 3.02. The van der Waals surface area contributed by atoms with Gasteiger partial charge in [-0.1, -0.05) is 22.0 Å². The first-order valence-electron chi connectivity index (χ1n) is 9.33. The van der Waals surface area contributed by atoms with Crippen molar-refractivity contribution in [2.45, 2.75) is 20.0 Å². The first-order chi connectivity index (χ1) is 14.3. The minimum Gasteiger partial charge on any atom is -0.324 e. The number of halogens is 1. The lowest BCUT2D eigenvalue weighted by Crippen LogP contribution is -2.52. The number of hydrazine groups is 1. The molecule has 4 amide bonds. The number of aryl methyl sites for hydroxylation is 2. The van der Waals surface area contributed by atoms with Crippen molar-refractivity contribution in [3.05, 3.63) is 70.5 Å². The van der Waals surface area contributed by atoms with Crippen molar-refractivity contribution in [1.29, 1.82) is 0 Å². The number of hydrogen-bond acceptors (Lipinski definition) is 4. The van der Waals surface area contributed by atoms with E-state index in [0.29, 0.717) is 11.4 Å². The van der Waals surface area contributed by atoms with Crippen molar-refractivity contribution in [2.75, 3.05) is 16.8 Å². The molecule has 0 bridgehead atoms. The molecular weight excluding hydrogens is 450 g/mol. The Kier molecular flexibility index (Phi) is 5.31. The molecule has 0 saturated carbocycles. The predicted molar refractivity (Wildman–Crippen MR) is 116 cm³/mol. The van der Waals surface area contributed by atoms with Crippen molar-refractivity contribution in [3.8, 4) is 0 Å². The van der Waals surface area contributed by atoms with Crippen LogP contribution in [0, 0.1) is 13.8 Å². The zero-order chi connectivity index (χ0) is 21.4. The summed E-state index contributed by atoms with van der Waals surface area (Å²) in [4.78, 5) is 40.7. The molecule has 8 nitrogen and oxygen atoms in total. The van der Waals surface area contributed by atoms with Crippen LogP contribution in [0.15, 0.2) is 59.3 Å². The molecule has 2 aliphatic rings. The zero-order valence-corrected chi connectivity index (χ0v) is 18.0. The van der Waals surface area contributed by atoms with Gasteiger partial charge in [-0.15, -0.1) is 0 Å². The third-order valence-corrected chi connectivity index (χ3v) is 5.58. The number of carbonyl (C=O) groups is 3. The Labute approximate surface area is 182 Å². The first-order valence-corrected chi connectivity index (χ1v) is 10.1. The fourth-order valence-electron chi connectivity index (χ4n) is 3.27. The number of amides is 4. The van der Waals surface area contributed by atoms with Crippen molar-refractivity contribution in [3.63, 3.8) is 0 Å². The summed E-state index contributed by atoms with van der Waals surface area (Å²) in [6, 6.07) is 12.4. The molecule has 0 radical (unpaired) electrons. The van der Waals surface area contributed by atoms with Crippen LogP contribution in [0.25, 0.3) is 0 Å². The molecule has 0 spiro atoms. The number of anilines is 2. The van der Waals surface area contributed by atoms with Gasteiger partial charge in [-0.05, 0) is 61.4 Å².